The summed E-state index contributed by atoms with van der Waals surface area (Å²) in [4.78, 5) is 12.4. The second kappa shape index (κ2) is 6.17. The smallest absolute Gasteiger partial charge is 0.335 e. The Hall–Kier alpha value is -1.69. The number of hydrogen-bond donors (Lipinski definition) is 1. The minimum atomic E-state index is -1.34. The lowest BCUT2D eigenvalue weighted by molar-refractivity contribution is 0.0695. The summed E-state index contributed by atoms with van der Waals surface area (Å²) in [6.07, 6.45) is 1.79. The number of ether oxygens (including phenoxy) is 1. The van der Waals surface area contributed by atoms with Crippen molar-refractivity contribution >= 4 is 11.7 Å². The van der Waals surface area contributed by atoms with E-state index in [0.29, 0.717) is 19.7 Å². The van der Waals surface area contributed by atoms with Gasteiger partial charge in [-0.15, -0.1) is 0 Å². The molecule has 110 valence electrons. The Kier molecular flexibility index (Phi) is 4.54. The van der Waals surface area contributed by atoms with Crippen LogP contribution in [-0.2, 0) is 4.74 Å². The number of halogens is 2. The van der Waals surface area contributed by atoms with Crippen LogP contribution in [0.5, 0.6) is 0 Å². The van der Waals surface area contributed by atoms with Gasteiger partial charge in [-0.2, -0.15) is 0 Å². The van der Waals surface area contributed by atoms with E-state index in [2.05, 4.69) is 0 Å². The Morgan fingerprint density at radius 3 is 2.65 bits per heavy atom. The zero-order valence-corrected chi connectivity index (χ0v) is 11.2. The maximum Gasteiger partial charge on any atom is 0.335 e. The molecule has 0 saturated carbocycles. The quantitative estimate of drug-likeness (QED) is 0.923. The summed E-state index contributed by atoms with van der Waals surface area (Å²) in [5.41, 5.74) is -0.523. The van der Waals surface area contributed by atoms with Gasteiger partial charge in [-0.1, -0.05) is 0 Å². The molecule has 1 aromatic rings. The Morgan fingerprint density at radius 2 is 2.10 bits per heavy atom. The van der Waals surface area contributed by atoms with Gasteiger partial charge in [-0.25, -0.2) is 13.6 Å². The standard InChI is InChI=1S/C14H17F2NO3/c1-20-8-9-3-2-4-17(7-9)13-11(15)5-10(14(18)19)6-12(13)16/h5-6,9H,2-4,7-8H2,1H3,(H,18,19). The molecule has 0 spiro atoms. The maximum absolute atomic E-state index is 14.0. The molecular weight excluding hydrogens is 268 g/mol. The first kappa shape index (κ1) is 14.7. The lowest BCUT2D eigenvalue weighted by atomic mass is 9.98. The van der Waals surface area contributed by atoms with Crippen molar-refractivity contribution in [1.29, 1.82) is 0 Å². The summed E-state index contributed by atoms with van der Waals surface area (Å²) >= 11 is 0. The van der Waals surface area contributed by atoms with Crippen LogP contribution >= 0.6 is 0 Å². The van der Waals surface area contributed by atoms with Gasteiger partial charge in [0.15, 0.2) is 0 Å². The van der Waals surface area contributed by atoms with E-state index >= 15 is 0 Å². The van der Waals surface area contributed by atoms with E-state index in [0.717, 1.165) is 25.0 Å². The highest BCUT2D eigenvalue weighted by Gasteiger charge is 2.25. The molecule has 1 saturated heterocycles. The number of carboxylic acids is 1. The molecule has 1 unspecified atom stereocenters. The maximum atomic E-state index is 14.0. The van der Waals surface area contributed by atoms with Crippen LogP contribution in [0.3, 0.4) is 0 Å². The van der Waals surface area contributed by atoms with Crippen molar-refractivity contribution in [2.75, 3.05) is 31.7 Å². The third kappa shape index (κ3) is 3.07. The minimum Gasteiger partial charge on any atom is -0.478 e. The first-order valence-electron chi connectivity index (χ1n) is 6.49. The van der Waals surface area contributed by atoms with Crippen molar-refractivity contribution < 1.29 is 23.4 Å². The lowest BCUT2D eigenvalue weighted by Gasteiger charge is -2.34. The third-order valence-electron chi connectivity index (χ3n) is 3.50. The zero-order valence-electron chi connectivity index (χ0n) is 11.2. The third-order valence-corrected chi connectivity index (χ3v) is 3.50. The van der Waals surface area contributed by atoms with Gasteiger partial charge in [0.1, 0.15) is 17.3 Å². The van der Waals surface area contributed by atoms with Gasteiger partial charge in [0, 0.05) is 20.2 Å². The molecule has 0 aliphatic carbocycles. The summed E-state index contributed by atoms with van der Waals surface area (Å²) < 4.78 is 33.1. The van der Waals surface area contributed by atoms with E-state index in [4.69, 9.17) is 9.84 Å². The van der Waals surface area contributed by atoms with Crippen molar-refractivity contribution in [2.24, 2.45) is 5.92 Å². The molecule has 1 aliphatic heterocycles. The molecule has 0 bridgehead atoms. The van der Waals surface area contributed by atoms with Crippen molar-refractivity contribution in [3.05, 3.63) is 29.3 Å². The zero-order chi connectivity index (χ0) is 14.7. The molecular formula is C14H17F2NO3. The van der Waals surface area contributed by atoms with Crippen LogP contribution in [0.4, 0.5) is 14.5 Å². The highest BCUT2D eigenvalue weighted by Crippen LogP contribution is 2.29. The van der Waals surface area contributed by atoms with Crippen LogP contribution in [-0.4, -0.2) is 37.9 Å². The van der Waals surface area contributed by atoms with Crippen molar-refractivity contribution in [3.8, 4) is 0 Å². The molecule has 1 N–H and O–H groups in total. The second-order valence-electron chi connectivity index (χ2n) is 5.00. The SMILES string of the molecule is COCC1CCCN(c2c(F)cc(C(=O)O)cc2F)C1. The lowest BCUT2D eigenvalue weighted by Crippen LogP contribution is -2.38. The van der Waals surface area contributed by atoms with Gasteiger partial charge in [-0.3, -0.25) is 0 Å². The van der Waals surface area contributed by atoms with Crippen LogP contribution in [0.2, 0.25) is 0 Å². The van der Waals surface area contributed by atoms with Gasteiger partial charge in [0.05, 0.1) is 12.2 Å². The molecule has 1 aliphatic rings. The molecule has 0 aromatic heterocycles. The fourth-order valence-electron chi connectivity index (χ4n) is 2.63. The second-order valence-corrected chi connectivity index (χ2v) is 5.00. The molecule has 6 heteroatoms. The number of rotatable bonds is 4. The van der Waals surface area contributed by atoms with E-state index in [1.165, 1.54) is 0 Å². The predicted molar refractivity (Wildman–Crippen MR) is 70.1 cm³/mol. The number of benzene rings is 1. The number of anilines is 1. The minimum absolute atomic E-state index is 0.143. The molecule has 1 heterocycles. The van der Waals surface area contributed by atoms with Crippen LogP contribution < -0.4 is 4.90 Å². The first-order chi connectivity index (χ1) is 9.52. The summed E-state index contributed by atoms with van der Waals surface area (Å²) in [6, 6.07) is 1.72. The van der Waals surface area contributed by atoms with Gasteiger partial charge in [0.2, 0.25) is 0 Å². The summed E-state index contributed by atoms with van der Waals surface area (Å²) in [5, 5.41) is 8.78. The normalized spacial score (nSPS) is 19.1. The van der Waals surface area contributed by atoms with E-state index in [9.17, 15) is 13.6 Å². The highest BCUT2D eigenvalue weighted by molar-refractivity contribution is 5.88. The molecule has 0 amide bonds. The summed E-state index contributed by atoms with van der Waals surface area (Å²) in [6.45, 7) is 1.61. The van der Waals surface area contributed by atoms with Gasteiger partial charge < -0.3 is 14.7 Å². The van der Waals surface area contributed by atoms with Crippen molar-refractivity contribution in [3.63, 3.8) is 0 Å². The van der Waals surface area contributed by atoms with E-state index < -0.39 is 17.6 Å². The molecule has 1 aromatic carbocycles. The average molecular weight is 285 g/mol. The van der Waals surface area contributed by atoms with E-state index in [1.807, 2.05) is 0 Å². The Labute approximate surface area is 116 Å². The Balaban J connectivity index is 2.26. The number of carboxylic acid groups (broad SMARTS) is 1. The predicted octanol–water partition coefficient (Wildman–Crippen LogP) is 2.53. The number of nitrogens with zero attached hydrogens (tertiary/aromatic N) is 1. The fourth-order valence-corrected chi connectivity index (χ4v) is 2.63. The molecule has 1 atom stereocenters. The Morgan fingerprint density at radius 1 is 1.45 bits per heavy atom. The average Bonchev–Trinajstić information content (AvgIpc) is 2.38. The van der Waals surface area contributed by atoms with E-state index in [-0.39, 0.29) is 17.2 Å². The molecule has 1 fully saturated rings. The largest absolute Gasteiger partial charge is 0.478 e. The van der Waals surface area contributed by atoms with Gasteiger partial charge >= 0.3 is 5.97 Å². The summed E-state index contributed by atoms with van der Waals surface area (Å²) in [7, 11) is 1.60. The van der Waals surface area contributed by atoms with Gasteiger partial charge in [-0.05, 0) is 30.9 Å². The van der Waals surface area contributed by atoms with Crippen LogP contribution in [0.15, 0.2) is 12.1 Å². The molecule has 4 nitrogen and oxygen atoms in total. The van der Waals surface area contributed by atoms with Crippen molar-refractivity contribution in [1.82, 2.24) is 0 Å². The number of aromatic carboxylic acids is 1. The first-order valence-corrected chi connectivity index (χ1v) is 6.49. The number of hydrogen-bond acceptors (Lipinski definition) is 3. The van der Waals surface area contributed by atoms with Crippen molar-refractivity contribution in [2.45, 2.75) is 12.8 Å². The number of piperidine rings is 1. The number of carbonyl (C=O) groups is 1. The highest BCUT2D eigenvalue weighted by atomic mass is 19.1. The molecule has 2 rings (SSSR count). The van der Waals surface area contributed by atoms with Crippen LogP contribution in [0.25, 0.3) is 0 Å². The molecule has 20 heavy (non-hydrogen) atoms. The van der Waals surface area contributed by atoms with Crippen LogP contribution in [0.1, 0.15) is 23.2 Å². The number of methoxy groups -OCH3 is 1. The monoisotopic (exact) mass is 285 g/mol. The Bertz CT molecular complexity index is 482. The topological polar surface area (TPSA) is 49.8 Å². The van der Waals surface area contributed by atoms with E-state index in [1.54, 1.807) is 12.0 Å². The van der Waals surface area contributed by atoms with Crippen LogP contribution in [0, 0.1) is 17.6 Å². The summed E-state index contributed by atoms with van der Waals surface area (Å²) in [5.74, 6) is -2.78. The fraction of sp³-hybridized carbons (Fsp3) is 0.500. The van der Waals surface area contributed by atoms with Gasteiger partial charge in [0.25, 0.3) is 0 Å². The molecule has 0 radical (unpaired) electrons.